The van der Waals surface area contributed by atoms with E-state index in [-0.39, 0.29) is 29.9 Å². The molecule has 0 spiro atoms. The lowest BCUT2D eigenvalue weighted by atomic mass is 9.97. The fraction of sp³-hybridized carbons (Fsp3) is 0.619. The molecule has 1 aliphatic heterocycles. The van der Waals surface area contributed by atoms with Gasteiger partial charge in [0.15, 0.2) is 0 Å². The van der Waals surface area contributed by atoms with E-state index in [0.29, 0.717) is 41.8 Å². The highest BCUT2D eigenvalue weighted by Crippen LogP contribution is 2.43. The number of amides is 2. The molecule has 4 rings (SSSR count). The number of hydrogen-bond donors (Lipinski definition) is 3. The maximum Gasteiger partial charge on any atom is 0.246 e. The van der Waals surface area contributed by atoms with E-state index >= 15 is 0 Å². The van der Waals surface area contributed by atoms with E-state index in [1.165, 1.54) is 12.0 Å². The Labute approximate surface area is 197 Å². The first-order valence-electron chi connectivity index (χ1n) is 10.6. The van der Waals surface area contributed by atoms with E-state index in [4.69, 9.17) is 32.1 Å². The summed E-state index contributed by atoms with van der Waals surface area (Å²) in [6.07, 6.45) is 4.54. The number of nitrogens with one attached hydrogen (secondary N) is 3. The Morgan fingerprint density at radius 1 is 1.32 bits per heavy atom. The Kier molecular flexibility index (Phi) is 9.31. The lowest BCUT2D eigenvalue weighted by Crippen LogP contribution is -2.52. The highest BCUT2D eigenvalue weighted by Gasteiger charge is 2.31. The summed E-state index contributed by atoms with van der Waals surface area (Å²) in [5.41, 5.74) is 2.63. The van der Waals surface area contributed by atoms with E-state index in [1.807, 2.05) is 6.92 Å². The van der Waals surface area contributed by atoms with Crippen molar-refractivity contribution in [2.24, 2.45) is 0 Å². The molecule has 0 aromatic carbocycles. The molecule has 172 valence electrons. The van der Waals surface area contributed by atoms with Crippen LogP contribution in [0.15, 0.2) is 33.5 Å². The molecule has 1 heterocycles. The molecule has 2 bridgehead atoms. The van der Waals surface area contributed by atoms with Crippen molar-refractivity contribution in [1.29, 1.82) is 0 Å². The zero-order chi connectivity index (χ0) is 22.4. The molecule has 0 radical (unpaired) electrons. The number of ether oxygens (including phenoxy) is 1. The van der Waals surface area contributed by atoms with Crippen molar-refractivity contribution in [2.75, 3.05) is 19.8 Å². The molecule has 7 nitrogen and oxygen atoms in total. The molecule has 3 N–H and O–H groups in total. The summed E-state index contributed by atoms with van der Waals surface area (Å²) in [6, 6.07) is -0.411. The normalized spacial score (nSPS) is 26.0. The Morgan fingerprint density at radius 3 is 2.90 bits per heavy atom. The van der Waals surface area contributed by atoms with Gasteiger partial charge in [0.2, 0.25) is 11.8 Å². The second-order valence-electron chi connectivity index (χ2n) is 7.80. The molecule has 0 aromatic heterocycles. The van der Waals surface area contributed by atoms with Crippen molar-refractivity contribution in [3.8, 4) is 0 Å². The lowest BCUT2D eigenvalue weighted by molar-refractivity contribution is -0.127. The van der Waals surface area contributed by atoms with Gasteiger partial charge in [-0.25, -0.2) is 0 Å². The summed E-state index contributed by atoms with van der Waals surface area (Å²) < 4.78 is 11.2. The molecule has 3 unspecified atom stereocenters. The van der Waals surface area contributed by atoms with Crippen LogP contribution in [0.2, 0.25) is 0 Å². The Morgan fingerprint density at radius 2 is 2.13 bits per heavy atom. The minimum Gasteiger partial charge on any atom is -0.364 e. The third-order valence-electron chi connectivity index (χ3n) is 5.49. The summed E-state index contributed by atoms with van der Waals surface area (Å²) in [5.74, 6) is -0.402. The first kappa shape index (κ1) is 24.6. The number of carbonyl (C=O) groups is 2. The van der Waals surface area contributed by atoms with Crippen molar-refractivity contribution in [2.45, 2.75) is 63.0 Å². The summed E-state index contributed by atoms with van der Waals surface area (Å²) in [4.78, 5) is 24.5. The standard InChI is InChI=1S/C21H29Cl2N3O4S/c1-3-18-26-15(10-30-31-18)21(28)25-12(2)7-8-24-17(27)11-29-16-9-13-5-4-6-14(16)20(23)19(13)22/h15-16,18,26H,2-11H2,1H3,(H,24,27)(H,25,28). The van der Waals surface area contributed by atoms with Gasteiger partial charge in [-0.05, 0) is 36.8 Å². The molecule has 4 aliphatic rings. The van der Waals surface area contributed by atoms with Gasteiger partial charge < -0.3 is 19.6 Å². The molecule has 2 amide bonds. The van der Waals surface area contributed by atoms with Crippen molar-refractivity contribution in [3.05, 3.63) is 33.5 Å². The molecule has 1 saturated carbocycles. The number of rotatable bonds is 9. The van der Waals surface area contributed by atoms with Gasteiger partial charge in [-0.1, -0.05) is 36.7 Å². The Balaban J connectivity index is 1.34. The van der Waals surface area contributed by atoms with Crippen LogP contribution in [-0.4, -0.2) is 49.1 Å². The molecule has 10 heteroatoms. The van der Waals surface area contributed by atoms with Crippen LogP contribution in [0.25, 0.3) is 0 Å². The van der Waals surface area contributed by atoms with Crippen molar-refractivity contribution in [3.63, 3.8) is 0 Å². The van der Waals surface area contributed by atoms with Crippen molar-refractivity contribution < 1.29 is 18.5 Å². The van der Waals surface area contributed by atoms with Crippen LogP contribution < -0.4 is 16.0 Å². The van der Waals surface area contributed by atoms with Gasteiger partial charge in [-0.3, -0.25) is 14.9 Å². The topological polar surface area (TPSA) is 88.7 Å². The molecular formula is C21H29Cl2N3O4S. The van der Waals surface area contributed by atoms with Gasteiger partial charge in [0.1, 0.15) is 12.6 Å². The van der Waals surface area contributed by atoms with Gasteiger partial charge in [0.05, 0.1) is 28.1 Å². The molecule has 3 aliphatic carbocycles. The second-order valence-corrected chi connectivity index (χ2v) is 9.56. The number of carbonyl (C=O) groups excluding carboxylic acids is 2. The first-order valence-corrected chi connectivity index (χ1v) is 12.1. The Hall–Kier alpha value is -1.03. The quantitative estimate of drug-likeness (QED) is 0.429. The fourth-order valence-corrected chi connectivity index (χ4v) is 5.12. The van der Waals surface area contributed by atoms with E-state index in [9.17, 15) is 9.59 Å². The largest absolute Gasteiger partial charge is 0.364 e. The predicted molar refractivity (Wildman–Crippen MR) is 123 cm³/mol. The van der Waals surface area contributed by atoms with Gasteiger partial charge in [0.25, 0.3) is 0 Å². The molecule has 2 fully saturated rings. The van der Waals surface area contributed by atoms with Crippen LogP contribution in [0, 0.1) is 0 Å². The SMILES string of the molecule is C=C(CCNC(=O)COC1CC2=C(Cl)C(Cl)=C1CCC2)NC(=O)C1COSC(CC)N1. The monoisotopic (exact) mass is 489 g/mol. The smallest absolute Gasteiger partial charge is 0.246 e. The maximum absolute atomic E-state index is 12.3. The van der Waals surface area contributed by atoms with Crippen LogP contribution in [0.1, 0.15) is 45.4 Å². The highest BCUT2D eigenvalue weighted by atomic mass is 35.5. The number of halogens is 2. The molecule has 31 heavy (non-hydrogen) atoms. The zero-order valence-corrected chi connectivity index (χ0v) is 19.9. The van der Waals surface area contributed by atoms with Crippen LogP contribution in [0.4, 0.5) is 0 Å². The third kappa shape index (κ3) is 6.73. The summed E-state index contributed by atoms with van der Waals surface area (Å²) in [5, 5.41) is 10.1. The van der Waals surface area contributed by atoms with E-state index in [1.54, 1.807) is 0 Å². The maximum atomic E-state index is 12.3. The molecular weight excluding hydrogens is 461 g/mol. The second kappa shape index (κ2) is 11.7. The molecule has 0 aromatic rings. The average Bonchev–Trinajstić information content (AvgIpc) is 3.05. The van der Waals surface area contributed by atoms with Gasteiger partial charge >= 0.3 is 0 Å². The molecule has 3 atom stereocenters. The summed E-state index contributed by atoms with van der Waals surface area (Å²) >= 11 is 14.0. The van der Waals surface area contributed by atoms with Gasteiger partial charge in [0, 0.05) is 37.1 Å². The van der Waals surface area contributed by atoms with E-state index in [0.717, 1.165) is 36.8 Å². The summed E-state index contributed by atoms with van der Waals surface area (Å²) in [6.45, 7) is 6.50. The van der Waals surface area contributed by atoms with E-state index < -0.39 is 6.04 Å². The van der Waals surface area contributed by atoms with Crippen molar-refractivity contribution >= 4 is 47.1 Å². The minimum atomic E-state index is -0.411. The summed E-state index contributed by atoms with van der Waals surface area (Å²) in [7, 11) is 0. The van der Waals surface area contributed by atoms with Crippen molar-refractivity contribution in [1.82, 2.24) is 16.0 Å². The number of hydrogen-bond acceptors (Lipinski definition) is 6. The fourth-order valence-electron chi connectivity index (χ4n) is 3.74. The average molecular weight is 490 g/mol. The Bertz CT molecular complexity index is 787. The van der Waals surface area contributed by atoms with Crippen LogP contribution in [0.5, 0.6) is 0 Å². The minimum absolute atomic E-state index is 0.0541. The third-order valence-corrected chi connectivity index (χ3v) is 7.45. The lowest BCUT2D eigenvalue weighted by Gasteiger charge is -2.28. The van der Waals surface area contributed by atoms with Gasteiger partial charge in [-0.2, -0.15) is 0 Å². The predicted octanol–water partition coefficient (Wildman–Crippen LogP) is 3.45. The number of allylic oxidation sites excluding steroid dienone is 2. The molecule has 1 saturated heterocycles. The highest BCUT2D eigenvalue weighted by molar-refractivity contribution is 7.95. The zero-order valence-electron chi connectivity index (χ0n) is 17.6. The van der Waals surface area contributed by atoms with E-state index in [2.05, 4.69) is 22.5 Å². The van der Waals surface area contributed by atoms with Crippen LogP contribution >= 0.6 is 35.2 Å². The number of fused-ring (bicyclic) bond motifs is 4. The van der Waals surface area contributed by atoms with Crippen LogP contribution in [-0.2, 0) is 18.5 Å². The van der Waals surface area contributed by atoms with Gasteiger partial charge in [-0.15, -0.1) is 0 Å². The van der Waals surface area contributed by atoms with Crippen LogP contribution in [0.3, 0.4) is 0 Å². The first-order chi connectivity index (χ1) is 14.9.